The molecular weight excluding hydrogens is 402 g/mol. The predicted molar refractivity (Wildman–Crippen MR) is 121 cm³/mol. The summed E-state index contributed by atoms with van der Waals surface area (Å²) < 4.78 is 31.1. The molecule has 2 heterocycles. The lowest BCUT2D eigenvalue weighted by molar-refractivity contribution is 0.245. The molecule has 2 aliphatic rings. The topological polar surface area (TPSA) is 86.3 Å². The van der Waals surface area contributed by atoms with Crippen LogP contribution in [0.1, 0.15) is 37.8 Å². The number of hydrogen-bond donors (Lipinski definition) is 2. The number of para-hydroxylation sites is 1. The van der Waals surface area contributed by atoms with E-state index in [0.717, 1.165) is 30.9 Å². The minimum absolute atomic E-state index is 0.151. The second-order valence-corrected chi connectivity index (χ2v) is 9.80. The third kappa shape index (κ3) is 5.86. The summed E-state index contributed by atoms with van der Waals surface area (Å²) in [6.45, 7) is 7.13. The summed E-state index contributed by atoms with van der Waals surface area (Å²) in [6.07, 6.45) is 3.13. The number of sulfonamides is 1. The highest BCUT2D eigenvalue weighted by Crippen LogP contribution is 2.31. The molecule has 2 aliphatic heterocycles. The quantitative estimate of drug-likeness (QED) is 0.449. The smallest absolute Gasteiger partial charge is 0.214 e. The average Bonchev–Trinajstić information content (AvgIpc) is 3.38. The summed E-state index contributed by atoms with van der Waals surface area (Å²) in [5.41, 5.74) is 1.16. The zero-order valence-electron chi connectivity index (χ0n) is 18.1. The lowest BCUT2D eigenvalue weighted by atomic mass is 10.0. The fourth-order valence-electron chi connectivity index (χ4n) is 4.17. The van der Waals surface area contributed by atoms with Crippen molar-refractivity contribution in [1.82, 2.24) is 19.8 Å². The normalized spacial score (nSPS) is 20.9. The van der Waals surface area contributed by atoms with Gasteiger partial charge in [-0.25, -0.2) is 12.7 Å². The molecule has 2 N–H and O–H groups in total. The van der Waals surface area contributed by atoms with Crippen LogP contribution in [0.25, 0.3) is 0 Å². The molecule has 3 rings (SSSR count). The maximum Gasteiger partial charge on any atom is 0.214 e. The fourth-order valence-corrected chi connectivity index (χ4v) is 5.70. The van der Waals surface area contributed by atoms with Gasteiger partial charge in [0.1, 0.15) is 5.75 Å². The molecule has 0 spiro atoms. The Balaban J connectivity index is 1.67. The van der Waals surface area contributed by atoms with E-state index in [0.29, 0.717) is 38.6 Å². The van der Waals surface area contributed by atoms with Crippen LogP contribution < -0.4 is 15.4 Å². The molecule has 2 fully saturated rings. The molecule has 168 valence electrons. The van der Waals surface area contributed by atoms with Crippen molar-refractivity contribution in [2.75, 3.05) is 58.7 Å². The van der Waals surface area contributed by atoms with E-state index in [2.05, 4.69) is 21.6 Å². The molecule has 0 aromatic heterocycles. The molecule has 2 saturated heterocycles. The summed E-state index contributed by atoms with van der Waals surface area (Å²) in [6, 6.07) is 8.31. The van der Waals surface area contributed by atoms with Crippen LogP contribution in [0, 0.1) is 0 Å². The Morgan fingerprint density at radius 1 is 1.17 bits per heavy atom. The molecule has 1 aromatic rings. The van der Waals surface area contributed by atoms with Gasteiger partial charge in [-0.1, -0.05) is 18.2 Å². The van der Waals surface area contributed by atoms with Crippen LogP contribution in [-0.2, 0) is 10.0 Å². The van der Waals surface area contributed by atoms with E-state index in [1.165, 1.54) is 12.8 Å². The van der Waals surface area contributed by atoms with E-state index in [1.807, 2.05) is 25.1 Å². The van der Waals surface area contributed by atoms with E-state index in [4.69, 9.17) is 9.73 Å². The minimum atomic E-state index is -3.07. The van der Waals surface area contributed by atoms with Gasteiger partial charge in [0.05, 0.1) is 25.4 Å². The first-order chi connectivity index (χ1) is 14.5. The number of rotatable bonds is 9. The number of aliphatic imine (C=N–C) groups is 1. The molecule has 9 heteroatoms. The number of ether oxygens (including phenoxy) is 1. The van der Waals surface area contributed by atoms with Crippen molar-refractivity contribution >= 4 is 16.0 Å². The summed E-state index contributed by atoms with van der Waals surface area (Å²) in [4.78, 5) is 7.31. The van der Waals surface area contributed by atoms with E-state index < -0.39 is 10.0 Å². The van der Waals surface area contributed by atoms with E-state index in [9.17, 15) is 8.42 Å². The summed E-state index contributed by atoms with van der Waals surface area (Å²) in [7, 11) is -1.36. The maximum absolute atomic E-state index is 12.0. The lowest BCUT2D eigenvalue weighted by Gasteiger charge is -2.28. The largest absolute Gasteiger partial charge is 0.496 e. The third-order valence-corrected chi connectivity index (χ3v) is 7.66. The minimum Gasteiger partial charge on any atom is -0.496 e. The van der Waals surface area contributed by atoms with E-state index >= 15 is 0 Å². The number of hydrogen-bond acceptors (Lipinski definition) is 5. The van der Waals surface area contributed by atoms with E-state index in [1.54, 1.807) is 11.4 Å². The first-order valence-corrected chi connectivity index (χ1v) is 12.5. The van der Waals surface area contributed by atoms with Crippen LogP contribution in [0.2, 0.25) is 0 Å². The van der Waals surface area contributed by atoms with Crippen LogP contribution in [-0.4, -0.2) is 82.3 Å². The van der Waals surface area contributed by atoms with Crippen molar-refractivity contribution < 1.29 is 13.2 Å². The van der Waals surface area contributed by atoms with Gasteiger partial charge in [-0.15, -0.1) is 0 Å². The van der Waals surface area contributed by atoms with Gasteiger partial charge in [-0.05, 0) is 45.3 Å². The van der Waals surface area contributed by atoms with Crippen LogP contribution in [0.3, 0.4) is 0 Å². The molecule has 8 nitrogen and oxygen atoms in total. The highest BCUT2D eigenvalue weighted by Gasteiger charge is 2.28. The average molecular weight is 438 g/mol. The Morgan fingerprint density at radius 2 is 1.93 bits per heavy atom. The van der Waals surface area contributed by atoms with Gasteiger partial charge >= 0.3 is 0 Å². The fraction of sp³-hybridized carbons (Fsp3) is 0.667. The predicted octanol–water partition coefficient (Wildman–Crippen LogP) is 1.42. The van der Waals surface area contributed by atoms with Crippen molar-refractivity contribution in [3.63, 3.8) is 0 Å². The monoisotopic (exact) mass is 437 g/mol. The standard InChI is InChI=1S/C21H35N5O3S/c1-3-22-21(23-11-15-26-14-8-16-30(26,27)28)24-17-19(25-12-6-7-13-25)18-9-4-5-10-20(18)29-2/h4-5,9-10,19H,3,6-8,11-17H2,1-2H3,(H2,22,23,24). The van der Waals surface area contributed by atoms with Crippen LogP contribution in [0.4, 0.5) is 0 Å². The van der Waals surface area contributed by atoms with Gasteiger partial charge in [0.25, 0.3) is 0 Å². The van der Waals surface area contributed by atoms with E-state index in [-0.39, 0.29) is 11.8 Å². The highest BCUT2D eigenvalue weighted by atomic mass is 32.2. The van der Waals surface area contributed by atoms with Crippen molar-refractivity contribution in [2.24, 2.45) is 4.99 Å². The maximum atomic E-state index is 12.0. The van der Waals surface area contributed by atoms with Crippen molar-refractivity contribution in [3.05, 3.63) is 29.8 Å². The molecule has 0 radical (unpaired) electrons. The van der Waals surface area contributed by atoms with Crippen LogP contribution in [0.15, 0.2) is 29.3 Å². The molecule has 0 amide bonds. The number of nitrogens with one attached hydrogen (secondary N) is 2. The number of guanidine groups is 1. The van der Waals surface area contributed by atoms with Gasteiger partial charge in [0.2, 0.25) is 10.0 Å². The third-order valence-electron chi connectivity index (χ3n) is 5.70. The van der Waals surface area contributed by atoms with Crippen molar-refractivity contribution in [2.45, 2.75) is 32.2 Å². The summed E-state index contributed by atoms with van der Waals surface area (Å²) in [5.74, 6) is 1.87. The Kier molecular flexibility index (Phi) is 8.35. The van der Waals surface area contributed by atoms with Gasteiger partial charge in [0, 0.05) is 31.7 Å². The zero-order chi connectivity index (χ0) is 21.4. The van der Waals surface area contributed by atoms with Crippen molar-refractivity contribution in [3.8, 4) is 5.75 Å². The van der Waals surface area contributed by atoms with Crippen molar-refractivity contribution in [1.29, 1.82) is 0 Å². The molecule has 0 bridgehead atoms. The number of benzene rings is 1. The highest BCUT2D eigenvalue weighted by molar-refractivity contribution is 7.89. The van der Waals surface area contributed by atoms with Gasteiger partial charge in [-0.3, -0.25) is 9.89 Å². The SMILES string of the molecule is CCNC(=NCC(c1ccccc1OC)N1CCCC1)NCCN1CCCS1(=O)=O. The molecule has 0 aliphatic carbocycles. The molecule has 1 unspecified atom stereocenters. The van der Waals surface area contributed by atoms with Gasteiger partial charge in [-0.2, -0.15) is 0 Å². The Morgan fingerprint density at radius 3 is 2.60 bits per heavy atom. The van der Waals surface area contributed by atoms with Gasteiger partial charge in [0.15, 0.2) is 5.96 Å². The number of methoxy groups -OCH3 is 1. The second kappa shape index (κ2) is 11.0. The lowest BCUT2D eigenvalue weighted by Crippen LogP contribution is -2.42. The summed E-state index contributed by atoms with van der Waals surface area (Å²) in [5, 5.41) is 6.57. The second-order valence-electron chi connectivity index (χ2n) is 7.72. The Hall–Kier alpha value is -1.84. The molecule has 0 saturated carbocycles. The molecule has 30 heavy (non-hydrogen) atoms. The summed E-state index contributed by atoms with van der Waals surface area (Å²) >= 11 is 0. The zero-order valence-corrected chi connectivity index (χ0v) is 19.0. The van der Waals surface area contributed by atoms with Crippen LogP contribution >= 0.6 is 0 Å². The first kappa shape index (κ1) is 22.8. The van der Waals surface area contributed by atoms with Crippen LogP contribution in [0.5, 0.6) is 5.75 Å². The molecular formula is C21H35N5O3S. The number of nitrogens with zero attached hydrogens (tertiary/aromatic N) is 3. The first-order valence-electron chi connectivity index (χ1n) is 10.9. The Labute approximate surface area is 180 Å². The molecule has 1 aromatic carbocycles. The molecule has 1 atom stereocenters. The number of likely N-dealkylation sites (tertiary alicyclic amines) is 1. The van der Waals surface area contributed by atoms with Gasteiger partial charge < -0.3 is 15.4 Å². The Bertz CT molecular complexity index is 809.